The lowest BCUT2D eigenvalue weighted by Crippen LogP contribution is -2.31. The SMILES string of the molecule is O=C1C(SCc2ccco2)=C(c2ccc([N+](=O)[O-])cc2)C(=O)N1c1cccc(F)c1. The molecule has 0 aliphatic carbocycles. The number of hydrogen-bond donors (Lipinski definition) is 0. The third kappa shape index (κ3) is 3.62. The highest BCUT2D eigenvalue weighted by Gasteiger charge is 2.40. The fourth-order valence-electron chi connectivity index (χ4n) is 3.04. The highest BCUT2D eigenvalue weighted by Crippen LogP contribution is 2.40. The quantitative estimate of drug-likeness (QED) is 0.328. The molecule has 2 amide bonds. The Balaban J connectivity index is 1.76. The Hall–Kier alpha value is -3.72. The fraction of sp³-hybridized carbons (Fsp3) is 0.0476. The van der Waals surface area contributed by atoms with Crippen LogP contribution in [0.5, 0.6) is 0 Å². The van der Waals surface area contributed by atoms with Gasteiger partial charge >= 0.3 is 0 Å². The van der Waals surface area contributed by atoms with Crippen molar-refractivity contribution in [3.8, 4) is 0 Å². The van der Waals surface area contributed by atoms with Crippen molar-refractivity contribution in [3.05, 3.63) is 99.1 Å². The first-order valence-electron chi connectivity index (χ1n) is 8.74. The smallest absolute Gasteiger partial charge is 0.272 e. The summed E-state index contributed by atoms with van der Waals surface area (Å²) in [5.74, 6) is -0.881. The number of nitro benzene ring substituents is 1. The third-order valence-electron chi connectivity index (χ3n) is 4.41. The van der Waals surface area contributed by atoms with Gasteiger partial charge in [0.2, 0.25) is 0 Å². The molecular weight excluding hydrogens is 411 g/mol. The Morgan fingerprint density at radius 1 is 1.03 bits per heavy atom. The van der Waals surface area contributed by atoms with Crippen molar-refractivity contribution in [2.45, 2.75) is 5.75 Å². The molecule has 0 saturated carbocycles. The van der Waals surface area contributed by atoms with Crippen LogP contribution in [0.4, 0.5) is 15.8 Å². The van der Waals surface area contributed by atoms with Crippen molar-refractivity contribution in [2.24, 2.45) is 0 Å². The normalized spacial score (nSPS) is 14.0. The second-order valence-electron chi connectivity index (χ2n) is 6.30. The summed E-state index contributed by atoms with van der Waals surface area (Å²) < 4.78 is 19.0. The van der Waals surface area contributed by atoms with E-state index in [1.807, 2.05) is 0 Å². The Bertz CT molecular complexity index is 1170. The van der Waals surface area contributed by atoms with E-state index in [1.54, 1.807) is 12.1 Å². The second-order valence-corrected chi connectivity index (χ2v) is 7.29. The van der Waals surface area contributed by atoms with Gasteiger partial charge < -0.3 is 4.42 Å². The molecular formula is C21H13FN2O5S. The summed E-state index contributed by atoms with van der Waals surface area (Å²) in [7, 11) is 0. The minimum Gasteiger partial charge on any atom is -0.468 e. The van der Waals surface area contributed by atoms with E-state index in [-0.39, 0.29) is 21.9 Å². The largest absolute Gasteiger partial charge is 0.468 e. The van der Waals surface area contributed by atoms with Crippen LogP contribution >= 0.6 is 11.8 Å². The predicted octanol–water partition coefficient (Wildman–Crippen LogP) is 4.54. The van der Waals surface area contributed by atoms with Crippen molar-refractivity contribution in [1.29, 1.82) is 0 Å². The molecule has 3 aromatic rings. The third-order valence-corrected chi connectivity index (χ3v) is 5.51. The number of benzene rings is 2. The van der Waals surface area contributed by atoms with Gasteiger partial charge in [-0.3, -0.25) is 19.7 Å². The first-order chi connectivity index (χ1) is 14.5. The number of nitro groups is 1. The van der Waals surface area contributed by atoms with Gasteiger partial charge in [-0.05, 0) is 48.0 Å². The van der Waals surface area contributed by atoms with E-state index in [4.69, 9.17) is 4.42 Å². The summed E-state index contributed by atoms with van der Waals surface area (Å²) in [6.07, 6.45) is 1.50. The van der Waals surface area contributed by atoms with Crippen LogP contribution in [0.2, 0.25) is 0 Å². The van der Waals surface area contributed by atoms with Crippen molar-refractivity contribution >= 4 is 40.5 Å². The molecule has 2 aromatic carbocycles. The second kappa shape index (κ2) is 7.96. The van der Waals surface area contributed by atoms with E-state index in [0.29, 0.717) is 17.1 Å². The molecule has 30 heavy (non-hydrogen) atoms. The number of anilines is 1. The maximum atomic E-state index is 13.7. The lowest BCUT2D eigenvalue weighted by atomic mass is 10.1. The van der Waals surface area contributed by atoms with E-state index >= 15 is 0 Å². The number of nitrogens with zero attached hydrogens (tertiary/aromatic N) is 2. The van der Waals surface area contributed by atoms with E-state index in [9.17, 15) is 24.1 Å². The molecule has 0 N–H and O–H groups in total. The molecule has 0 fully saturated rings. The maximum Gasteiger partial charge on any atom is 0.272 e. The minimum atomic E-state index is -0.624. The van der Waals surface area contributed by atoms with Gasteiger partial charge in [0.15, 0.2) is 0 Å². The van der Waals surface area contributed by atoms with Crippen LogP contribution in [0.3, 0.4) is 0 Å². The maximum absolute atomic E-state index is 13.7. The van der Waals surface area contributed by atoms with Gasteiger partial charge in [0, 0.05) is 12.1 Å². The molecule has 2 heterocycles. The van der Waals surface area contributed by atoms with E-state index in [2.05, 4.69) is 0 Å². The zero-order valence-corrected chi connectivity index (χ0v) is 16.1. The van der Waals surface area contributed by atoms with Crippen LogP contribution in [-0.4, -0.2) is 16.7 Å². The van der Waals surface area contributed by atoms with Crippen LogP contribution in [-0.2, 0) is 15.3 Å². The van der Waals surface area contributed by atoms with Crippen LogP contribution in [0, 0.1) is 15.9 Å². The van der Waals surface area contributed by atoms with E-state index < -0.39 is 22.6 Å². The monoisotopic (exact) mass is 424 g/mol. The first kappa shape index (κ1) is 19.6. The molecule has 7 nitrogen and oxygen atoms in total. The van der Waals surface area contributed by atoms with Crippen molar-refractivity contribution in [1.82, 2.24) is 0 Å². The summed E-state index contributed by atoms with van der Waals surface area (Å²) in [5.41, 5.74) is 0.441. The standard InChI is InChI=1S/C21H13FN2O5S/c22-14-3-1-4-16(11-14)23-20(25)18(13-6-8-15(9-7-13)24(27)28)19(21(23)26)30-12-17-5-2-10-29-17/h1-11H,12H2. The number of amides is 2. The highest BCUT2D eigenvalue weighted by molar-refractivity contribution is 8.03. The summed E-state index contributed by atoms with van der Waals surface area (Å²) >= 11 is 1.12. The fourth-order valence-corrected chi connectivity index (χ4v) is 4.05. The summed E-state index contributed by atoms with van der Waals surface area (Å²) in [4.78, 5) is 37.7. The van der Waals surface area contributed by atoms with Crippen LogP contribution in [0.15, 0.2) is 76.2 Å². The number of carbonyl (C=O) groups excluding carboxylic acids is 2. The number of halogens is 1. The van der Waals surface area contributed by atoms with Gasteiger partial charge in [-0.25, -0.2) is 9.29 Å². The average Bonchev–Trinajstić information content (AvgIpc) is 3.32. The van der Waals surface area contributed by atoms with Gasteiger partial charge in [-0.2, -0.15) is 0 Å². The average molecular weight is 424 g/mol. The zero-order valence-electron chi connectivity index (χ0n) is 15.3. The van der Waals surface area contributed by atoms with Gasteiger partial charge in [0.25, 0.3) is 17.5 Å². The molecule has 0 bridgehead atoms. The van der Waals surface area contributed by atoms with Gasteiger partial charge in [-0.1, -0.05) is 6.07 Å². The molecule has 150 valence electrons. The molecule has 0 atom stereocenters. The molecule has 1 aromatic heterocycles. The Kier molecular flexibility index (Phi) is 5.20. The lowest BCUT2D eigenvalue weighted by molar-refractivity contribution is -0.384. The molecule has 1 aliphatic heterocycles. The Morgan fingerprint density at radius 2 is 1.80 bits per heavy atom. The molecule has 0 unspecified atom stereocenters. The number of thioether (sulfide) groups is 1. The van der Waals surface area contributed by atoms with Crippen LogP contribution < -0.4 is 4.90 Å². The van der Waals surface area contributed by atoms with Crippen molar-refractivity contribution < 1.29 is 23.3 Å². The topological polar surface area (TPSA) is 93.7 Å². The van der Waals surface area contributed by atoms with Crippen molar-refractivity contribution in [3.63, 3.8) is 0 Å². The first-order valence-corrected chi connectivity index (χ1v) is 9.73. The minimum absolute atomic E-state index is 0.107. The van der Waals surface area contributed by atoms with Gasteiger partial charge in [0.1, 0.15) is 11.6 Å². The number of furan rings is 1. The summed E-state index contributed by atoms with van der Waals surface area (Å²) in [6, 6.07) is 14.0. The number of non-ortho nitro benzene ring substituents is 1. The summed E-state index contributed by atoms with van der Waals surface area (Å²) in [5, 5.41) is 10.9. The van der Waals surface area contributed by atoms with Gasteiger partial charge in [-0.15, -0.1) is 11.8 Å². The number of rotatable bonds is 6. The number of imide groups is 1. The van der Waals surface area contributed by atoms with E-state index in [0.717, 1.165) is 22.7 Å². The highest BCUT2D eigenvalue weighted by atomic mass is 32.2. The Morgan fingerprint density at radius 3 is 2.43 bits per heavy atom. The van der Waals surface area contributed by atoms with Crippen LogP contribution in [0.1, 0.15) is 11.3 Å². The molecule has 0 spiro atoms. The number of carbonyl (C=O) groups is 2. The molecule has 1 aliphatic rings. The molecule has 0 radical (unpaired) electrons. The Labute approximate surface area is 173 Å². The van der Waals surface area contributed by atoms with E-state index in [1.165, 1.54) is 48.7 Å². The summed E-state index contributed by atoms with van der Waals surface area (Å²) in [6.45, 7) is 0. The molecule has 4 rings (SSSR count). The van der Waals surface area contributed by atoms with Crippen molar-refractivity contribution in [2.75, 3.05) is 4.90 Å². The number of hydrogen-bond acceptors (Lipinski definition) is 6. The lowest BCUT2D eigenvalue weighted by Gasteiger charge is -2.15. The predicted molar refractivity (Wildman–Crippen MR) is 109 cm³/mol. The molecule has 0 saturated heterocycles. The van der Waals surface area contributed by atoms with Crippen LogP contribution in [0.25, 0.3) is 5.57 Å². The molecule has 9 heteroatoms. The zero-order chi connectivity index (χ0) is 21.3. The van der Waals surface area contributed by atoms with Gasteiger partial charge in [0.05, 0.1) is 33.1 Å².